The van der Waals surface area contributed by atoms with Crippen LogP contribution < -0.4 is 24.4 Å². The molecule has 0 spiro atoms. The first-order valence-electron chi connectivity index (χ1n) is 13.9. The number of hydrogen-bond acceptors (Lipinski definition) is 8. The van der Waals surface area contributed by atoms with Gasteiger partial charge in [0.15, 0.2) is 16.6 Å². The quantitative estimate of drug-likeness (QED) is 0.216. The van der Waals surface area contributed by atoms with Gasteiger partial charge in [0.05, 0.1) is 45.1 Å². The zero-order valence-corrected chi connectivity index (χ0v) is 25.4. The van der Waals surface area contributed by atoms with E-state index >= 15 is 0 Å². The molecule has 0 bridgehead atoms. The average Bonchev–Trinajstić information content (AvgIpc) is 3.24. The van der Waals surface area contributed by atoms with Crippen LogP contribution in [0, 0.1) is 0 Å². The largest absolute Gasteiger partial charge is 0.494 e. The van der Waals surface area contributed by atoms with E-state index in [1.54, 1.807) is 74.6 Å². The molecule has 1 atom stereocenters. The van der Waals surface area contributed by atoms with Crippen LogP contribution in [0.5, 0.6) is 17.2 Å². The number of methoxy groups -OCH3 is 2. The molecule has 2 amide bonds. The van der Waals surface area contributed by atoms with Crippen molar-refractivity contribution in [3.63, 3.8) is 0 Å². The lowest BCUT2D eigenvalue weighted by atomic mass is 10.1. The second kappa shape index (κ2) is 14.5. The number of hydrogen-bond donors (Lipinski definition) is 1. The highest BCUT2D eigenvalue weighted by atomic mass is 32.1. The van der Waals surface area contributed by atoms with Crippen molar-refractivity contribution >= 4 is 46.5 Å². The molecule has 1 aliphatic rings. The topological polar surface area (TPSA) is 107 Å². The van der Waals surface area contributed by atoms with Gasteiger partial charge in [0.2, 0.25) is 5.91 Å². The molecule has 11 heteroatoms. The SMILES string of the molecule is CCOC(=O)c1ccc(NC(=O)C[C@H]2C(=O)N(c3ccc(OCC)cc3)C(=S)N2CCc2ccc(OC)c(OC)c2)cc1. The summed E-state index contributed by atoms with van der Waals surface area (Å²) in [7, 11) is 3.15. The fourth-order valence-electron chi connectivity index (χ4n) is 4.76. The van der Waals surface area contributed by atoms with E-state index in [-0.39, 0.29) is 24.8 Å². The number of amides is 2. The molecule has 1 N–H and O–H groups in total. The first kappa shape index (κ1) is 31.3. The fourth-order valence-corrected chi connectivity index (χ4v) is 5.17. The van der Waals surface area contributed by atoms with Gasteiger partial charge in [-0.2, -0.15) is 0 Å². The van der Waals surface area contributed by atoms with Gasteiger partial charge in [-0.25, -0.2) is 4.79 Å². The summed E-state index contributed by atoms with van der Waals surface area (Å²) < 4.78 is 21.3. The van der Waals surface area contributed by atoms with Crippen molar-refractivity contribution in [1.29, 1.82) is 0 Å². The number of rotatable bonds is 13. The van der Waals surface area contributed by atoms with Crippen LogP contribution in [0.1, 0.15) is 36.2 Å². The Morgan fingerprint density at radius 1 is 0.907 bits per heavy atom. The van der Waals surface area contributed by atoms with E-state index in [1.807, 2.05) is 25.1 Å². The van der Waals surface area contributed by atoms with Crippen molar-refractivity contribution in [2.75, 3.05) is 44.2 Å². The molecule has 1 heterocycles. The maximum atomic E-state index is 13.8. The monoisotopic (exact) mass is 605 g/mol. The van der Waals surface area contributed by atoms with E-state index in [0.29, 0.717) is 58.9 Å². The van der Waals surface area contributed by atoms with Crippen molar-refractivity contribution in [2.24, 2.45) is 0 Å². The number of carbonyl (C=O) groups excluding carboxylic acids is 3. The van der Waals surface area contributed by atoms with Crippen LogP contribution in [0.15, 0.2) is 66.7 Å². The molecule has 10 nitrogen and oxygen atoms in total. The van der Waals surface area contributed by atoms with Gasteiger partial charge in [0.1, 0.15) is 11.8 Å². The van der Waals surface area contributed by atoms with Crippen LogP contribution in [-0.4, -0.2) is 67.8 Å². The summed E-state index contributed by atoms with van der Waals surface area (Å²) in [6, 6.07) is 18.3. The van der Waals surface area contributed by atoms with Gasteiger partial charge in [0.25, 0.3) is 5.91 Å². The normalized spacial score (nSPS) is 14.5. The van der Waals surface area contributed by atoms with E-state index < -0.39 is 12.0 Å². The van der Waals surface area contributed by atoms with E-state index in [4.69, 9.17) is 31.2 Å². The van der Waals surface area contributed by atoms with Crippen LogP contribution >= 0.6 is 12.2 Å². The van der Waals surface area contributed by atoms with Gasteiger partial charge in [-0.3, -0.25) is 14.5 Å². The number of anilines is 2. The molecule has 3 aromatic carbocycles. The number of thiocarbonyl (C=S) groups is 1. The van der Waals surface area contributed by atoms with Gasteiger partial charge in [-0.1, -0.05) is 6.07 Å². The van der Waals surface area contributed by atoms with Gasteiger partial charge in [-0.15, -0.1) is 0 Å². The Hall–Kier alpha value is -4.64. The third kappa shape index (κ3) is 7.42. The molecule has 0 saturated carbocycles. The van der Waals surface area contributed by atoms with Crippen LogP contribution in [0.2, 0.25) is 0 Å². The Bertz CT molecular complexity index is 1460. The second-order valence-corrected chi connectivity index (χ2v) is 9.95. The molecule has 1 saturated heterocycles. The van der Waals surface area contributed by atoms with Crippen molar-refractivity contribution in [3.8, 4) is 17.2 Å². The molecular formula is C32H35N3O7S. The van der Waals surface area contributed by atoms with Crippen LogP contribution in [0.3, 0.4) is 0 Å². The Labute approximate surface area is 256 Å². The predicted octanol–water partition coefficient (Wildman–Crippen LogP) is 4.85. The number of ether oxygens (including phenoxy) is 4. The van der Waals surface area contributed by atoms with E-state index in [9.17, 15) is 14.4 Å². The summed E-state index contributed by atoms with van der Waals surface area (Å²) in [6.07, 6.45) is 0.413. The lowest BCUT2D eigenvalue weighted by molar-refractivity contribution is -0.124. The first-order chi connectivity index (χ1) is 20.8. The lowest BCUT2D eigenvalue weighted by Crippen LogP contribution is -2.39. The molecule has 0 radical (unpaired) electrons. The molecule has 1 aliphatic heterocycles. The summed E-state index contributed by atoms with van der Waals surface area (Å²) in [4.78, 5) is 42.2. The highest BCUT2D eigenvalue weighted by Gasteiger charge is 2.44. The maximum absolute atomic E-state index is 13.8. The minimum absolute atomic E-state index is 0.127. The molecular weight excluding hydrogens is 570 g/mol. The van der Waals surface area contributed by atoms with Gasteiger partial charge < -0.3 is 29.2 Å². The predicted molar refractivity (Wildman–Crippen MR) is 167 cm³/mol. The minimum Gasteiger partial charge on any atom is -0.494 e. The Kier molecular flexibility index (Phi) is 10.6. The molecule has 43 heavy (non-hydrogen) atoms. The maximum Gasteiger partial charge on any atom is 0.338 e. The van der Waals surface area contributed by atoms with Crippen molar-refractivity contribution < 1.29 is 33.3 Å². The number of nitrogens with zero attached hydrogens (tertiary/aromatic N) is 2. The highest BCUT2D eigenvalue weighted by molar-refractivity contribution is 7.80. The van der Waals surface area contributed by atoms with Gasteiger partial charge in [-0.05, 0) is 98.7 Å². The Balaban J connectivity index is 1.54. The lowest BCUT2D eigenvalue weighted by Gasteiger charge is -2.24. The van der Waals surface area contributed by atoms with E-state index in [2.05, 4.69) is 5.32 Å². The first-order valence-corrected chi connectivity index (χ1v) is 14.4. The zero-order chi connectivity index (χ0) is 30.9. The molecule has 226 valence electrons. The summed E-state index contributed by atoms with van der Waals surface area (Å²) in [5.41, 5.74) is 2.42. The zero-order valence-electron chi connectivity index (χ0n) is 24.6. The van der Waals surface area contributed by atoms with Crippen molar-refractivity contribution in [2.45, 2.75) is 32.7 Å². The Morgan fingerprint density at radius 3 is 2.23 bits per heavy atom. The van der Waals surface area contributed by atoms with Gasteiger partial charge >= 0.3 is 5.97 Å². The third-order valence-corrected chi connectivity index (χ3v) is 7.29. The molecule has 0 unspecified atom stereocenters. The number of carbonyl (C=O) groups is 3. The average molecular weight is 606 g/mol. The smallest absolute Gasteiger partial charge is 0.338 e. The number of esters is 1. The van der Waals surface area contributed by atoms with Gasteiger partial charge in [0, 0.05) is 12.2 Å². The fraction of sp³-hybridized carbons (Fsp3) is 0.312. The van der Waals surface area contributed by atoms with E-state index in [1.165, 1.54) is 4.90 Å². The highest BCUT2D eigenvalue weighted by Crippen LogP contribution is 2.31. The van der Waals surface area contributed by atoms with Crippen LogP contribution in [0.25, 0.3) is 0 Å². The molecule has 4 rings (SSSR count). The van der Waals surface area contributed by atoms with Crippen molar-refractivity contribution in [3.05, 3.63) is 77.9 Å². The summed E-state index contributed by atoms with van der Waals surface area (Å²) >= 11 is 5.81. The minimum atomic E-state index is -0.821. The van der Waals surface area contributed by atoms with Crippen LogP contribution in [-0.2, 0) is 20.7 Å². The van der Waals surface area contributed by atoms with E-state index in [0.717, 1.165) is 5.56 Å². The Morgan fingerprint density at radius 2 is 1.60 bits per heavy atom. The summed E-state index contributed by atoms with van der Waals surface area (Å²) in [5.74, 6) is 0.790. The third-order valence-electron chi connectivity index (χ3n) is 6.87. The number of nitrogens with one attached hydrogen (secondary N) is 1. The molecule has 0 aliphatic carbocycles. The second-order valence-electron chi connectivity index (χ2n) is 9.58. The van der Waals surface area contributed by atoms with Crippen molar-refractivity contribution in [1.82, 2.24) is 4.90 Å². The summed E-state index contributed by atoms with van der Waals surface area (Å²) in [6.45, 7) is 4.81. The molecule has 0 aromatic heterocycles. The molecule has 1 fully saturated rings. The standard InChI is InChI=1S/C32H35N3O7S/c1-5-41-25-14-12-24(13-15-25)35-30(37)26(20-29(36)33-23-10-8-22(9-11-23)31(38)42-6-2)34(32(35)43)18-17-21-7-16-27(39-3)28(19-21)40-4/h7-16,19,26H,5-6,17-18,20H2,1-4H3,(H,33,36)/t26-/m0/s1. The number of benzene rings is 3. The molecule has 3 aromatic rings. The summed E-state index contributed by atoms with van der Waals surface area (Å²) in [5, 5.41) is 3.13. The van der Waals surface area contributed by atoms with Crippen LogP contribution in [0.4, 0.5) is 11.4 Å².